The SMILES string of the molecule is COC(=O)[C@@H](NC(=O)N1CCc2[nH]cnc2[C@H]1c1cccc(Cl)c1)C(C)C. The number of ether oxygens (including phenoxy) is 1. The van der Waals surface area contributed by atoms with Gasteiger partial charge in [0.2, 0.25) is 0 Å². The Morgan fingerprint density at radius 3 is 2.85 bits per heavy atom. The normalized spacial score (nSPS) is 17.4. The lowest BCUT2D eigenvalue weighted by Gasteiger charge is -2.36. The topological polar surface area (TPSA) is 87.3 Å². The molecule has 8 heteroatoms. The Balaban J connectivity index is 1.93. The van der Waals surface area contributed by atoms with E-state index in [1.54, 1.807) is 17.3 Å². The molecule has 0 bridgehead atoms. The number of amides is 2. The van der Waals surface area contributed by atoms with Gasteiger partial charge in [0, 0.05) is 23.7 Å². The minimum Gasteiger partial charge on any atom is -0.467 e. The zero-order chi connectivity index (χ0) is 19.6. The minimum atomic E-state index is -0.719. The maximum absolute atomic E-state index is 13.1. The van der Waals surface area contributed by atoms with E-state index in [0.717, 1.165) is 17.0 Å². The number of benzene rings is 1. The number of rotatable bonds is 4. The van der Waals surface area contributed by atoms with Gasteiger partial charge in [-0.1, -0.05) is 37.6 Å². The zero-order valence-corrected chi connectivity index (χ0v) is 16.3. The zero-order valence-electron chi connectivity index (χ0n) is 15.5. The number of fused-ring (bicyclic) bond motifs is 1. The van der Waals surface area contributed by atoms with Gasteiger partial charge in [-0.25, -0.2) is 14.6 Å². The summed E-state index contributed by atoms with van der Waals surface area (Å²) in [5, 5.41) is 3.40. The van der Waals surface area contributed by atoms with Gasteiger partial charge in [-0.3, -0.25) is 0 Å². The van der Waals surface area contributed by atoms with Crippen LogP contribution in [0.2, 0.25) is 5.02 Å². The number of hydrogen-bond acceptors (Lipinski definition) is 4. The molecule has 2 N–H and O–H groups in total. The number of imidazole rings is 1. The summed E-state index contributed by atoms with van der Waals surface area (Å²) in [6.07, 6.45) is 2.29. The molecule has 0 fully saturated rings. The molecule has 3 rings (SSSR count). The van der Waals surface area contributed by atoms with Crippen LogP contribution in [0.4, 0.5) is 4.79 Å². The summed E-state index contributed by atoms with van der Waals surface area (Å²) in [6, 6.07) is 5.94. The Labute approximate surface area is 163 Å². The van der Waals surface area contributed by atoms with E-state index in [0.29, 0.717) is 18.0 Å². The van der Waals surface area contributed by atoms with Crippen molar-refractivity contribution < 1.29 is 14.3 Å². The number of esters is 1. The lowest BCUT2D eigenvalue weighted by molar-refractivity contribution is -0.144. The number of nitrogens with zero attached hydrogens (tertiary/aromatic N) is 2. The number of methoxy groups -OCH3 is 1. The van der Waals surface area contributed by atoms with Crippen molar-refractivity contribution in [1.82, 2.24) is 20.2 Å². The molecule has 1 aromatic carbocycles. The van der Waals surface area contributed by atoms with E-state index in [9.17, 15) is 9.59 Å². The molecule has 2 atom stereocenters. The first-order valence-electron chi connectivity index (χ1n) is 8.85. The van der Waals surface area contributed by atoms with Gasteiger partial charge in [-0.05, 0) is 23.6 Å². The first-order valence-corrected chi connectivity index (χ1v) is 9.22. The fourth-order valence-electron chi connectivity index (χ4n) is 3.35. The van der Waals surface area contributed by atoms with Crippen molar-refractivity contribution in [3.8, 4) is 0 Å². The molecule has 1 aromatic heterocycles. The summed E-state index contributed by atoms with van der Waals surface area (Å²) in [5.74, 6) is -0.563. The number of nitrogens with one attached hydrogen (secondary N) is 2. The number of carbonyl (C=O) groups excluding carboxylic acids is 2. The van der Waals surface area contributed by atoms with Crippen LogP contribution in [0.3, 0.4) is 0 Å². The monoisotopic (exact) mass is 390 g/mol. The van der Waals surface area contributed by atoms with E-state index in [4.69, 9.17) is 16.3 Å². The molecule has 1 aliphatic heterocycles. The Morgan fingerprint density at radius 1 is 1.41 bits per heavy atom. The molecular formula is C19H23ClN4O3. The van der Waals surface area contributed by atoms with Gasteiger partial charge in [0.15, 0.2) is 0 Å². The van der Waals surface area contributed by atoms with Crippen LogP contribution in [0.15, 0.2) is 30.6 Å². The third-order valence-corrected chi connectivity index (χ3v) is 4.99. The van der Waals surface area contributed by atoms with Crippen molar-refractivity contribution in [1.29, 1.82) is 0 Å². The predicted molar refractivity (Wildman–Crippen MR) is 101 cm³/mol. The highest BCUT2D eigenvalue weighted by Gasteiger charge is 2.36. The van der Waals surface area contributed by atoms with Crippen LogP contribution in [0, 0.1) is 5.92 Å². The van der Waals surface area contributed by atoms with E-state index in [2.05, 4.69) is 15.3 Å². The summed E-state index contributed by atoms with van der Waals surface area (Å²) >= 11 is 6.17. The average Bonchev–Trinajstić information content (AvgIpc) is 3.12. The standard InChI is InChI=1S/C19H23ClN4O3/c1-11(2)15(18(25)27-3)23-19(26)24-8-7-14-16(22-10-21-14)17(24)12-5-4-6-13(20)9-12/h4-6,9-11,15,17H,7-8H2,1-3H3,(H,21,22)(H,23,26)/t15-,17+/m0/s1. The van der Waals surface area contributed by atoms with Crippen molar-refractivity contribution in [2.75, 3.05) is 13.7 Å². The number of halogens is 1. The van der Waals surface area contributed by atoms with E-state index in [1.165, 1.54) is 7.11 Å². The fourth-order valence-corrected chi connectivity index (χ4v) is 3.55. The molecule has 144 valence electrons. The van der Waals surface area contributed by atoms with Crippen LogP contribution in [-0.2, 0) is 16.0 Å². The maximum Gasteiger partial charge on any atom is 0.328 e. The van der Waals surface area contributed by atoms with Gasteiger partial charge in [-0.15, -0.1) is 0 Å². The molecule has 1 aliphatic rings. The Hall–Kier alpha value is -2.54. The third kappa shape index (κ3) is 3.93. The van der Waals surface area contributed by atoms with Crippen molar-refractivity contribution in [3.63, 3.8) is 0 Å². The van der Waals surface area contributed by atoms with Gasteiger partial charge in [0.1, 0.15) is 12.1 Å². The van der Waals surface area contributed by atoms with Crippen LogP contribution >= 0.6 is 11.6 Å². The molecule has 0 spiro atoms. The Bertz CT molecular complexity index is 836. The van der Waals surface area contributed by atoms with Gasteiger partial charge in [0.05, 0.1) is 19.1 Å². The van der Waals surface area contributed by atoms with Gasteiger partial charge >= 0.3 is 12.0 Å². The van der Waals surface area contributed by atoms with Crippen LogP contribution in [0.5, 0.6) is 0 Å². The Kier molecular flexibility index (Phi) is 5.70. The maximum atomic E-state index is 13.1. The summed E-state index contributed by atoms with van der Waals surface area (Å²) in [5.41, 5.74) is 2.65. The first-order chi connectivity index (χ1) is 12.9. The molecule has 0 saturated heterocycles. The first kappa shape index (κ1) is 19.2. The molecule has 27 heavy (non-hydrogen) atoms. The van der Waals surface area contributed by atoms with E-state index < -0.39 is 12.0 Å². The van der Waals surface area contributed by atoms with Crippen molar-refractivity contribution in [3.05, 3.63) is 52.6 Å². The number of urea groups is 1. The second kappa shape index (κ2) is 8.00. The van der Waals surface area contributed by atoms with Gasteiger partial charge in [0.25, 0.3) is 0 Å². The minimum absolute atomic E-state index is 0.100. The number of hydrogen-bond donors (Lipinski definition) is 2. The number of carbonyl (C=O) groups is 2. The summed E-state index contributed by atoms with van der Waals surface area (Å²) in [6.45, 7) is 4.21. The molecular weight excluding hydrogens is 368 g/mol. The smallest absolute Gasteiger partial charge is 0.328 e. The lowest BCUT2D eigenvalue weighted by atomic mass is 9.96. The van der Waals surface area contributed by atoms with Gasteiger partial charge in [-0.2, -0.15) is 0 Å². The molecule has 0 unspecified atom stereocenters. The Morgan fingerprint density at radius 2 is 2.19 bits per heavy atom. The fraction of sp³-hybridized carbons (Fsp3) is 0.421. The van der Waals surface area contributed by atoms with Crippen LogP contribution in [0.25, 0.3) is 0 Å². The summed E-state index contributed by atoms with van der Waals surface area (Å²) in [7, 11) is 1.32. The highest BCUT2D eigenvalue weighted by molar-refractivity contribution is 6.30. The van der Waals surface area contributed by atoms with Crippen LogP contribution in [0.1, 0.15) is 36.8 Å². The average molecular weight is 391 g/mol. The highest BCUT2D eigenvalue weighted by atomic mass is 35.5. The van der Waals surface area contributed by atoms with E-state index in [-0.39, 0.29) is 18.0 Å². The number of aromatic amines is 1. The van der Waals surface area contributed by atoms with Crippen molar-refractivity contribution in [2.24, 2.45) is 5.92 Å². The largest absolute Gasteiger partial charge is 0.467 e. The second-order valence-electron chi connectivity index (χ2n) is 6.86. The van der Waals surface area contributed by atoms with Crippen molar-refractivity contribution >= 4 is 23.6 Å². The van der Waals surface area contributed by atoms with E-state index in [1.807, 2.05) is 32.0 Å². The number of H-pyrrole nitrogens is 1. The van der Waals surface area contributed by atoms with E-state index >= 15 is 0 Å². The quantitative estimate of drug-likeness (QED) is 0.786. The lowest BCUT2D eigenvalue weighted by Crippen LogP contribution is -2.53. The molecule has 0 aliphatic carbocycles. The predicted octanol–water partition coefficient (Wildman–Crippen LogP) is 2.92. The second-order valence-corrected chi connectivity index (χ2v) is 7.30. The summed E-state index contributed by atoms with van der Waals surface area (Å²) < 4.78 is 4.83. The third-order valence-electron chi connectivity index (χ3n) is 4.75. The molecule has 2 amide bonds. The molecule has 0 saturated carbocycles. The van der Waals surface area contributed by atoms with Crippen molar-refractivity contribution in [2.45, 2.75) is 32.4 Å². The van der Waals surface area contributed by atoms with Crippen LogP contribution < -0.4 is 5.32 Å². The molecule has 2 heterocycles. The van der Waals surface area contributed by atoms with Crippen LogP contribution in [-0.4, -0.2) is 46.6 Å². The molecule has 2 aromatic rings. The highest BCUT2D eigenvalue weighted by Crippen LogP contribution is 2.34. The number of aromatic nitrogens is 2. The molecule has 0 radical (unpaired) electrons. The molecule has 7 nitrogen and oxygen atoms in total. The van der Waals surface area contributed by atoms with Gasteiger partial charge < -0.3 is 19.9 Å². The summed E-state index contributed by atoms with van der Waals surface area (Å²) in [4.78, 5) is 34.4.